The number of halogens is 1. The molecule has 0 aliphatic rings. The van der Waals surface area contributed by atoms with Crippen LogP contribution in [0, 0.1) is 6.92 Å². The molecule has 1 aromatic heterocycles. The van der Waals surface area contributed by atoms with Gasteiger partial charge in [0, 0.05) is 22.8 Å². The molecule has 1 unspecified atom stereocenters. The zero-order valence-electron chi connectivity index (χ0n) is 17.3. The lowest BCUT2D eigenvalue weighted by Gasteiger charge is -2.18. The number of nitrogens with one attached hydrogen (secondary N) is 2. The molecule has 1 atom stereocenters. The van der Waals surface area contributed by atoms with E-state index in [2.05, 4.69) is 10.0 Å². The Balaban J connectivity index is 1.71. The number of rotatable bonds is 9. The number of aromatic hydroxyl groups is 1. The summed E-state index contributed by atoms with van der Waals surface area (Å²) in [5.74, 6) is -0.244. The maximum atomic E-state index is 12.9. The zero-order chi connectivity index (χ0) is 23.3. The molecule has 3 rings (SSSR count). The maximum Gasteiger partial charge on any atom is 0.275 e. The summed E-state index contributed by atoms with van der Waals surface area (Å²) in [5, 5.41) is 23.5. The minimum Gasteiger partial charge on any atom is -0.508 e. The molecule has 32 heavy (non-hydrogen) atoms. The Morgan fingerprint density at radius 2 is 1.81 bits per heavy atom. The molecule has 170 valence electrons. The topological polar surface area (TPSA) is 121 Å². The van der Waals surface area contributed by atoms with Gasteiger partial charge in [0.2, 0.25) is 10.0 Å². The molecule has 0 saturated heterocycles. The second kappa shape index (κ2) is 10.2. The van der Waals surface area contributed by atoms with Crippen molar-refractivity contribution in [2.75, 3.05) is 4.72 Å². The SMILES string of the molecule is Cc1ccc(NS(=O)(=O)Cc2ccccc2)c(=O)n1CC(O)NCc1cc(Cl)ccc1O. The average molecular weight is 478 g/mol. The molecule has 0 amide bonds. The fourth-order valence-corrected chi connectivity index (χ4v) is 4.52. The van der Waals surface area contributed by atoms with Crippen LogP contribution < -0.4 is 15.6 Å². The normalized spacial score (nSPS) is 12.5. The van der Waals surface area contributed by atoms with Crippen molar-refractivity contribution in [1.82, 2.24) is 9.88 Å². The van der Waals surface area contributed by atoms with Gasteiger partial charge in [0.15, 0.2) is 0 Å². The van der Waals surface area contributed by atoms with Gasteiger partial charge in [0.1, 0.15) is 17.7 Å². The Labute approximate surface area is 191 Å². The molecule has 2 aromatic carbocycles. The Kier molecular flexibility index (Phi) is 7.57. The van der Waals surface area contributed by atoms with Gasteiger partial charge in [0.25, 0.3) is 5.56 Å². The number of aromatic nitrogens is 1. The quantitative estimate of drug-likeness (QED) is 0.351. The number of phenolic OH excluding ortho intramolecular Hbond substituents is 1. The number of hydrogen-bond donors (Lipinski definition) is 4. The van der Waals surface area contributed by atoms with Gasteiger partial charge in [-0.3, -0.25) is 14.8 Å². The molecule has 0 bridgehead atoms. The first-order chi connectivity index (χ1) is 15.1. The second-order valence-corrected chi connectivity index (χ2v) is 9.48. The number of benzene rings is 2. The summed E-state index contributed by atoms with van der Waals surface area (Å²) in [6, 6.07) is 16.2. The summed E-state index contributed by atoms with van der Waals surface area (Å²) in [5.41, 5.74) is 0.950. The summed E-state index contributed by atoms with van der Waals surface area (Å²) in [7, 11) is -3.81. The van der Waals surface area contributed by atoms with E-state index in [1.807, 2.05) is 0 Å². The highest BCUT2D eigenvalue weighted by molar-refractivity contribution is 7.91. The molecule has 0 fully saturated rings. The van der Waals surface area contributed by atoms with Crippen LogP contribution in [0.1, 0.15) is 16.8 Å². The summed E-state index contributed by atoms with van der Waals surface area (Å²) >= 11 is 5.92. The summed E-state index contributed by atoms with van der Waals surface area (Å²) in [6.45, 7) is 1.67. The fraction of sp³-hybridized carbons (Fsp3) is 0.227. The Morgan fingerprint density at radius 1 is 1.09 bits per heavy atom. The van der Waals surface area contributed by atoms with Crippen molar-refractivity contribution >= 4 is 27.3 Å². The number of hydrogen-bond acceptors (Lipinski definition) is 6. The summed E-state index contributed by atoms with van der Waals surface area (Å²) in [6.07, 6.45) is -1.14. The Hall–Kier alpha value is -2.85. The number of aliphatic hydroxyl groups excluding tert-OH is 1. The second-order valence-electron chi connectivity index (χ2n) is 7.32. The number of aliphatic hydroxyl groups is 1. The molecule has 10 heteroatoms. The first kappa shape index (κ1) is 23.8. The van der Waals surface area contributed by atoms with Crippen LogP contribution in [0.2, 0.25) is 5.02 Å². The third-order valence-corrected chi connectivity index (χ3v) is 6.26. The highest BCUT2D eigenvalue weighted by atomic mass is 35.5. The van der Waals surface area contributed by atoms with E-state index in [-0.39, 0.29) is 30.3 Å². The Morgan fingerprint density at radius 3 is 2.53 bits per heavy atom. The maximum absolute atomic E-state index is 12.9. The van der Waals surface area contributed by atoms with Crippen LogP contribution >= 0.6 is 11.6 Å². The van der Waals surface area contributed by atoms with Crippen molar-refractivity contribution in [3.8, 4) is 5.75 Å². The predicted molar refractivity (Wildman–Crippen MR) is 124 cm³/mol. The van der Waals surface area contributed by atoms with Gasteiger partial charge in [0.05, 0.1) is 12.3 Å². The highest BCUT2D eigenvalue weighted by Gasteiger charge is 2.17. The molecule has 0 radical (unpaired) electrons. The fourth-order valence-electron chi connectivity index (χ4n) is 3.13. The van der Waals surface area contributed by atoms with E-state index < -0.39 is 21.8 Å². The lowest BCUT2D eigenvalue weighted by Crippen LogP contribution is -2.37. The zero-order valence-corrected chi connectivity index (χ0v) is 18.9. The van der Waals surface area contributed by atoms with Crippen LogP contribution in [-0.4, -0.2) is 29.4 Å². The molecule has 4 N–H and O–H groups in total. The van der Waals surface area contributed by atoms with Crippen molar-refractivity contribution < 1.29 is 18.6 Å². The largest absolute Gasteiger partial charge is 0.508 e. The molecule has 0 saturated carbocycles. The molecular weight excluding hydrogens is 454 g/mol. The third-order valence-electron chi connectivity index (χ3n) is 4.78. The van der Waals surface area contributed by atoms with Crippen LogP contribution in [0.3, 0.4) is 0 Å². The molecule has 0 aliphatic heterocycles. The smallest absolute Gasteiger partial charge is 0.275 e. The predicted octanol–water partition coefficient (Wildman–Crippen LogP) is 2.57. The van der Waals surface area contributed by atoms with Crippen molar-refractivity contribution in [3.63, 3.8) is 0 Å². The van der Waals surface area contributed by atoms with Gasteiger partial charge < -0.3 is 14.8 Å². The van der Waals surface area contributed by atoms with Gasteiger partial charge in [-0.25, -0.2) is 8.42 Å². The Bertz CT molecular complexity index is 1250. The minimum atomic E-state index is -3.81. The number of sulfonamides is 1. The van der Waals surface area contributed by atoms with Gasteiger partial charge in [-0.2, -0.15) is 0 Å². The van der Waals surface area contributed by atoms with Crippen LogP contribution in [0.4, 0.5) is 5.69 Å². The van der Waals surface area contributed by atoms with Crippen LogP contribution in [-0.2, 0) is 28.9 Å². The first-order valence-corrected chi connectivity index (χ1v) is 11.8. The molecule has 1 heterocycles. The standard InChI is InChI=1S/C22H24ClN3O5S/c1-15-7-9-19(25-32(30,31)14-16-5-3-2-4-6-16)22(29)26(15)13-21(28)24-12-17-11-18(23)8-10-20(17)27/h2-11,21,24-25,27-28H,12-14H2,1H3. The van der Waals surface area contributed by atoms with Crippen molar-refractivity contribution in [2.45, 2.75) is 32.0 Å². The first-order valence-electron chi connectivity index (χ1n) is 9.78. The number of phenols is 1. The molecule has 0 spiro atoms. The number of aryl methyl sites for hydroxylation is 1. The van der Waals surface area contributed by atoms with E-state index >= 15 is 0 Å². The monoisotopic (exact) mass is 477 g/mol. The summed E-state index contributed by atoms with van der Waals surface area (Å²) < 4.78 is 28.6. The van der Waals surface area contributed by atoms with E-state index in [0.717, 1.165) is 0 Å². The van der Waals surface area contributed by atoms with Gasteiger partial charge in [-0.05, 0) is 42.8 Å². The van der Waals surface area contributed by atoms with E-state index in [0.29, 0.717) is 21.8 Å². The van der Waals surface area contributed by atoms with Crippen molar-refractivity contribution in [1.29, 1.82) is 0 Å². The van der Waals surface area contributed by atoms with Crippen molar-refractivity contribution in [3.05, 3.63) is 92.9 Å². The van der Waals surface area contributed by atoms with Gasteiger partial charge >= 0.3 is 0 Å². The molecular formula is C22H24ClN3O5S. The molecule has 8 nitrogen and oxygen atoms in total. The minimum absolute atomic E-state index is 0.0252. The van der Waals surface area contributed by atoms with E-state index in [1.165, 1.54) is 16.7 Å². The summed E-state index contributed by atoms with van der Waals surface area (Å²) in [4.78, 5) is 12.9. The van der Waals surface area contributed by atoms with Crippen LogP contribution in [0.15, 0.2) is 65.5 Å². The highest BCUT2D eigenvalue weighted by Crippen LogP contribution is 2.21. The molecule has 3 aromatic rings. The third kappa shape index (κ3) is 6.33. The van der Waals surface area contributed by atoms with Crippen LogP contribution in [0.25, 0.3) is 0 Å². The van der Waals surface area contributed by atoms with E-state index in [9.17, 15) is 23.4 Å². The molecule has 0 aliphatic carbocycles. The average Bonchev–Trinajstić information content (AvgIpc) is 2.74. The van der Waals surface area contributed by atoms with E-state index in [1.54, 1.807) is 55.5 Å². The van der Waals surface area contributed by atoms with Gasteiger partial charge in [-0.1, -0.05) is 41.9 Å². The van der Waals surface area contributed by atoms with Crippen molar-refractivity contribution in [2.24, 2.45) is 0 Å². The number of nitrogens with zero attached hydrogens (tertiary/aromatic N) is 1. The van der Waals surface area contributed by atoms with Crippen LogP contribution in [0.5, 0.6) is 5.75 Å². The number of pyridine rings is 1. The lowest BCUT2D eigenvalue weighted by atomic mass is 10.2. The number of anilines is 1. The van der Waals surface area contributed by atoms with Gasteiger partial charge in [-0.15, -0.1) is 0 Å². The van der Waals surface area contributed by atoms with E-state index in [4.69, 9.17) is 11.6 Å². The lowest BCUT2D eigenvalue weighted by molar-refractivity contribution is 0.114.